The Kier molecular flexibility index (Phi) is 3.68. The van der Waals surface area contributed by atoms with Crippen molar-refractivity contribution in [3.63, 3.8) is 0 Å². The average molecular weight is 241 g/mol. The van der Waals surface area contributed by atoms with Gasteiger partial charge in [-0.05, 0) is 37.1 Å². The number of hydrogen-bond acceptors (Lipinski definition) is 2. The molecule has 2 rings (SSSR count). The largest absolute Gasteiger partial charge is 0.496 e. The summed E-state index contributed by atoms with van der Waals surface area (Å²) in [5, 5.41) is 0. The highest BCUT2D eigenvalue weighted by Gasteiger charge is 2.09. The van der Waals surface area contributed by atoms with Crippen LogP contribution in [0.4, 0.5) is 0 Å². The molecule has 0 spiro atoms. The third kappa shape index (κ3) is 2.54. The van der Waals surface area contributed by atoms with E-state index in [-0.39, 0.29) is 6.04 Å². The standard InChI is InChI=1S/C16H19NO/c1-11-4-6-13(7-5-11)14-8-9-16(18-3)15(10-14)12(2)17/h4-10,12H,17H2,1-3H3. The molecule has 2 N–H and O–H groups in total. The van der Waals surface area contributed by atoms with Crippen LogP contribution in [0.5, 0.6) is 5.75 Å². The maximum Gasteiger partial charge on any atom is 0.123 e. The highest BCUT2D eigenvalue weighted by atomic mass is 16.5. The third-order valence-corrected chi connectivity index (χ3v) is 3.11. The predicted molar refractivity (Wildman–Crippen MR) is 75.8 cm³/mol. The molecule has 18 heavy (non-hydrogen) atoms. The van der Waals surface area contributed by atoms with E-state index >= 15 is 0 Å². The number of methoxy groups -OCH3 is 1. The molecular formula is C16H19NO. The lowest BCUT2D eigenvalue weighted by atomic mass is 9.99. The highest BCUT2D eigenvalue weighted by molar-refractivity contribution is 5.66. The molecule has 0 aliphatic carbocycles. The molecule has 0 aliphatic rings. The zero-order valence-corrected chi connectivity index (χ0v) is 11.1. The first-order chi connectivity index (χ1) is 8.61. The monoisotopic (exact) mass is 241 g/mol. The Morgan fingerprint density at radius 1 is 1.00 bits per heavy atom. The van der Waals surface area contributed by atoms with Crippen molar-refractivity contribution in [1.82, 2.24) is 0 Å². The Hall–Kier alpha value is -1.80. The lowest BCUT2D eigenvalue weighted by molar-refractivity contribution is 0.407. The van der Waals surface area contributed by atoms with Crippen molar-refractivity contribution in [3.05, 3.63) is 53.6 Å². The van der Waals surface area contributed by atoms with Crippen LogP contribution in [0.3, 0.4) is 0 Å². The highest BCUT2D eigenvalue weighted by Crippen LogP contribution is 2.29. The number of rotatable bonds is 3. The molecule has 2 heteroatoms. The third-order valence-electron chi connectivity index (χ3n) is 3.11. The number of aryl methyl sites for hydroxylation is 1. The Morgan fingerprint density at radius 3 is 2.17 bits per heavy atom. The van der Waals surface area contributed by atoms with Crippen LogP contribution >= 0.6 is 0 Å². The molecule has 0 saturated carbocycles. The summed E-state index contributed by atoms with van der Waals surface area (Å²) >= 11 is 0. The zero-order chi connectivity index (χ0) is 13.1. The van der Waals surface area contributed by atoms with Crippen molar-refractivity contribution >= 4 is 0 Å². The molecule has 94 valence electrons. The second-order valence-corrected chi connectivity index (χ2v) is 4.61. The van der Waals surface area contributed by atoms with E-state index < -0.39 is 0 Å². The van der Waals surface area contributed by atoms with E-state index in [1.807, 2.05) is 13.0 Å². The summed E-state index contributed by atoms with van der Waals surface area (Å²) in [5.74, 6) is 0.848. The first kappa shape index (κ1) is 12.7. The molecule has 0 amide bonds. The van der Waals surface area contributed by atoms with Gasteiger partial charge in [-0.25, -0.2) is 0 Å². The van der Waals surface area contributed by atoms with Gasteiger partial charge in [0.05, 0.1) is 7.11 Å². The van der Waals surface area contributed by atoms with Crippen molar-refractivity contribution in [1.29, 1.82) is 0 Å². The second kappa shape index (κ2) is 5.23. The van der Waals surface area contributed by atoms with Gasteiger partial charge in [0.15, 0.2) is 0 Å². The molecular weight excluding hydrogens is 222 g/mol. The van der Waals surface area contributed by atoms with E-state index in [9.17, 15) is 0 Å². The van der Waals surface area contributed by atoms with Crippen LogP contribution in [-0.2, 0) is 0 Å². The van der Waals surface area contributed by atoms with E-state index in [2.05, 4.69) is 43.3 Å². The topological polar surface area (TPSA) is 35.2 Å². The van der Waals surface area contributed by atoms with E-state index in [0.29, 0.717) is 0 Å². The molecule has 1 unspecified atom stereocenters. The molecule has 0 heterocycles. The van der Waals surface area contributed by atoms with Crippen LogP contribution in [0.2, 0.25) is 0 Å². The van der Waals surface area contributed by atoms with Crippen LogP contribution < -0.4 is 10.5 Å². The van der Waals surface area contributed by atoms with Crippen LogP contribution in [-0.4, -0.2) is 7.11 Å². The van der Waals surface area contributed by atoms with Crippen molar-refractivity contribution in [2.45, 2.75) is 19.9 Å². The number of hydrogen-bond donors (Lipinski definition) is 1. The minimum absolute atomic E-state index is 0.0367. The average Bonchev–Trinajstić information content (AvgIpc) is 2.39. The first-order valence-electron chi connectivity index (χ1n) is 6.12. The summed E-state index contributed by atoms with van der Waals surface area (Å²) in [7, 11) is 1.67. The quantitative estimate of drug-likeness (QED) is 0.889. The Morgan fingerprint density at radius 2 is 1.61 bits per heavy atom. The zero-order valence-electron chi connectivity index (χ0n) is 11.1. The predicted octanol–water partition coefficient (Wildman–Crippen LogP) is 3.69. The van der Waals surface area contributed by atoms with E-state index in [4.69, 9.17) is 10.5 Å². The van der Waals surface area contributed by atoms with Gasteiger partial charge in [0.25, 0.3) is 0 Å². The van der Waals surface area contributed by atoms with Gasteiger partial charge in [0.1, 0.15) is 5.75 Å². The molecule has 0 aromatic heterocycles. The molecule has 0 saturated heterocycles. The van der Waals surface area contributed by atoms with Crippen molar-refractivity contribution in [2.75, 3.05) is 7.11 Å². The number of benzene rings is 2. The van der Waals surface area contributed by atoms with Crippen molar-refractivity contribution in [3.8, 4) is 16.9 Å². The van der Waals surface area contributed by atoms with Gasteiger partial charge >= 0.3 is 0 Å². The van der Waals surface area contributed by atoms with Gasteiger partial charge < -0.3 is 10.5 Å². The maximum atomic E-state index is 5.98. The van der Waals surface area contributed by atoms with Crippen LogP contribution in [0.15, 0.2) is 42.5 Å². The minimum atomic E-state index is -0.0367. The molecule has 0 bridgehead atoms. The first-order valence-corrected chi connectivity index (χ1v) is 6.12. The summed E-state index contributed by atoms with van der Waals surface area (Å²) in [6.07, 6.45) is 0. The van der Waals surface area contributed by atoms with Gasteiger partial charge in [-0.15, -0.1) is 0 Å². The number of ether oxygens (including phenoxy) is 1. The normalized spacial score (nSPS) is 12.2. The fourth-order valence-electron chi connectivity index (χ4n) is 2.02. The molecule has 2 nitrogen and oxygen atoms in total. The summed E-state index contributed by atoms with van der Waals surface area (Å²) in [6.45, 7) is 4.06. The van der Waals surface area contributed by atoms with Gasteiger partial charge in [-0.2, -0.15) is 0 Å². The van der Waals surface area contributed by atoms with Crippen molar-refractivity contribution < 1.29 is 4.74 Å². The number of nitrogens with two attached hydrogens (primary N) is 1. The molecule has 0 radical (unpaired) electrons. The van der Waals surface area contributed by atoms with Crippen LogP contribution in [0.1, 0.15) is 24.1 Å². The van der Waals surface area contributed by atoms with E-state index in [1.54, 1.807) is 7.11 Å². The fraction of sp³-hybridized carbons (Fsp3) is 0.250. The van der Waals surface area contributed by atoms with Crippen LogP contribution in [0.25, 0.3) is 11.1 Å². The maximum absolute atomic E-state index is 5.98. The van der Waals surface area contributed by atoms with Crippen LogP contribution in [0, 0.1) is 6.92 Å². The molecule has 2 aromatic rings. The van der Waals surface area contributed by atoms with E-state index in [1.165, 1.54) is 16.7 Å². The summed E-state index contributed by atoms with van der Waals surface area (Å²) < 4.78 is 5.34. The molecule has 2 aromatic carbocycles. The summed E-state index contributed by atoms with van der Waals surface area (Å²) in [5.41, 5.74) is 10.7. The van der Waals surface area contributed by atoms with Crippen molar-refractivity contribution in [2.24, 2.45) is 5.73 Å². The Labute approximate surface area is 108 Å². The smallest absolute Gasteiger partial charge is 0.123 e. The molecule has 0 aliphatic heterocycles. The Balaban J connectivity index is 2.46. The molecule has 0 fully saturated rings. The molecule has 1 atom stereocenters. The lowest BCUT2D eigenvalue weighted by Crippen LogP contribution is -2.07. The lowest BCUT2D eigenvalue weighted by Gasteiger charge is -2.13. The van der Waals surface area contributed by atoms with Gasteiger partial charge in [-0.1, -0.05) is 35.9 Å². The SMILES string of the molecule is COc1ccc(-c2ccc(C)cc2)cc1C(C)N. The second-order valence-electron chi connectivity index (χ2n) is 4.61. The van der Waals surface area contributed by atoms with Gasteiger partial charge in [0, 0.05) is 11.6 Å². The fourth-order valence-corrected chi connectivity index (χ4v) is 2.02. The Bertz CT molecular complexity index is 529. The van der Waals surface area contributed by atoms with E-state index in [0.717, 1.165) is 11.3 Å². The van der Waals surface area contributed by atoms with Gasteiger partial charge in [0.2, 0.25) is 0 Å². The summed E-state index contributed by atoms with van der Waals surface area (Å²) in [6, 6.07) is 14.6. The summed E-state index contributed by atoms with van der Waals surface area (Å²) in [4.78, 5) is 0. The van der Waals surface area contributed by atoms with Gasteiger partial charge in [-0.3, -0.25) is 0 Å². The minimum Gasteiger partial charge on any atom is -0.496 e.